The Morgan fingerprint density at radius 3 is 2.74 bits per heavy atom. The summed E-state index contributed by atoms with van der Waals surface area (Å²) in [4.78, 5) is 12.9. The van der Waals surface area contributed by atoms with Gasteiger partial charge in [0.1, 0.15) is 12.3 Å². The van der Waals surface area contributed by atoms with Gasteiger partial charge in [-0.1, -0.05) is 35.5 Å². The summed E-state index contributed by atoms with van der Waals surface area (Å²) in [6, 6.07) is 11.8. The van der Waals surface area contributed by atoms with Crippen molar-refractivity contribution in [3.63, 3.8) is 0 Å². The summed E-state index contributed by atoms with van der Waals surface area (Å²) >= 11 is 0. The van der Waals surface area contributed by atoms with Crippen LogP contribution >= 0.6 is 0 Å². The minimum absolute atomic E-state index is 0.0678. The van der Waals surface area contributed by atoms with Crippen molar-refractivity contribution < 1.29 is 14.2 Å². The number of anilines is 1. The first-order valence-electron chi connectivity index (χ1n) is 6.22. The zero-order valence-electron chi connectivity index (χ0n) is 11.1. The molecule has 1 unspecified atom stereocenters. The highest BCUT2D eigenvalue weighted by molar-refractivity contribution is 5.90. The minimum atomic E-state index is -0.0678. The molecule has 0 fully saturated rings. The van der Waals surface area contributed by atoms with Gasteiger partial charge in [-0.2, -0.15) is 0 Å². The zero-order chi connectivity index (χ0) is 13.7. The number of rotatable bonds is 5. The van der Waals surface area contributed by atoms with Crippen molar-refractivity contribution in [3.8, 4) is 0 Å². The Morgan fingerprint density at radius 1 is 1.37 bits per heavy atom. The van der Waals surface area contributed by atoms with E-state index in [1.807, 2.05) is 25.2 Å². The van der Waals surface area contributed by atoms with Gasteiger partial charge in [-0.25, -0.2) is 0 Å². The quantitative estimate of drug-likeness (QED) is 0.829. The molecule has 0 saturated carbocycles. The molecule has 0 aliphatic rings. The molecule has 100 valence electrons. The van der Waals surface area contributed by atoms with Crippen LogP contribution in [0.25, 0.3) is 0 Å². The SMILES string of the molecule is Cc1cc(NC(=O)C[NH+](C)Cc2ccccc2)no1. The van der Waals surface area contributed by atoms with Crippen LogP contribution in [0.5, 0.6) is 0 Å². The molecule has 2 aromatic rings. The average molecular weight is 260 g/mol. The summed E-state index contributed by atoms with van der Waals surface area (Å²) < 4.78 is 4.89. The summed E-state index contributed by atoms with van der Waals surface area (Å²) in [6.07, 6.45) is 0. The van der Waals surface area contributed by atoms with Crippen LogP contribution in [0.3, 0.4) is 0 Å². The number of aryl methyl sites for hydroxylation is 1. The Kier molecular flexibility index (Phi) is 4.30. The molecule has 1 heterocycles. The van der Waals surface area contributed by atoms with Crippen molar-refractivity contribution >= 4 is 11.7 Å². The van der Waals surface area contributed by atoms with Crippen LogP contribution in [-0.4, -0.2) is 24.7 Å². The lowest BCUT2D eigenvalue weighted by molar-refractivity contribution is -0.885. The molecule has 5 nitrogen and oxygen atoms in total. The number of carbonyl (C=O) groups excluding carboxylic acids is 1. The van der Waals surface area contributed by atoms with Crippen molar-refractivity contribution in [2.75, 3.05) is 18.9 Å². The van der Waals surface area contributed by atoms with Crippen LogP contribution in [0.15, 0.2) is 40.9 Å². The Balaban J connectivity index is 1.82. The Labute approximate surface area is 112 Å². The summed E-state index contributed by atoms with van der Waals surface area (Å²) in [5, 5.41) is 6.45. The van der Waals surface area contributed by atoms with Crippen molar-refractivity contribution in [1.82, 2.24) is 5.16 Å². The number of nitrogens with one attached hydrogen (secondary N) is 2. The van der Waals surface area contributed by atoms with E-state index in [1.165, 1.54) is 5.56 Å². The maximum absolute atomic E-state index is 11.8. The van der Waals surface area contributed by atoms with E-state index < -0.39 is 0 Å². The zero-order valence-corrected chi connectivity index (χ0v) is 11.1. The number of hydrogen-bond donors (Lipinski definition) is 2. The molecule has 1 amide bonds. The van der Waals surface area contributed by atoms with Gasteiger partial charge in [0.2, 0.25) is 0 Å². The fourth-order valence-corrected chi connectivity index (χ4v) is 1.89. The number of benzene rings is 1. The lowest BCUT2D eigenvalue weighted by atomic mass is 10.2. The molecular formula is C14H18N3O2+. The van der Waals surface area contributed by atoms with E-state index in [4.69, 9.17) is 4.52 Å². The largest absolute Gasteiger partial charge is 0.360 e. The number of quaternary nitrogens is 1. The second kappa shape index (κ2) is 6.15. The molecule has 2 rings (SSSR count). The molecule has 5 heteroatoms. The monoisotopic (exact) mass is 260 g/mol. The normalized spacial score (nSPS) is 12.1. The van der Waals surface area contributed by atoms with E-state index in [0.29, 0.717) is 18.1 Å². The van der Waals surface area contributed by atoms with Gasteiger partial charge >= 0.3 is 0 Å². The molecule has 2 N–H and O–H groups in total. The third kappa shape index (κ3) is 4.22. The third-order valence-corrected chi connectivity index (χ3v) is 2.71. The molecule has 1 atom stereocenters. The predicted octanol–water partition coefficient (Wildman–Crippen LogP) is 0.636. The lowest BCUT2D eigenvalue weighted by Gasteiger charge is -2.13. The van der Waals surface area contributed by atoms with Gasteiger partial charge in [-0.3, -0.25) is 4.79 Å². The number of hydrogen-bond acceptors (Lipinski definition) is 3. The first kappa shape index (κ1) is 13.3. The molecule has 19 heavy (non-hydrogen) atoms. The number of nitrogens with zero attached hydrogens (tertiary/aromatic N) is 1. The molecule has 0 aliphatic carbocycles. The van der Waals surface area contributed by atoms with Crippen molar-refractivity contribution in [3.05, 3.63) is 47.7 Å². The molecule has 0 saturated heterocycles. The van der Waals surface area contributed by atoms with E-state index in [9.17, 15) is 4.79 Å². The van der Waals surface area contributed by atoms with Gasteiger partial charge in [0.05, 0.1) is 7.05 Å². The van der Waals surface area contributed by atoms with Crippen molar-refractivity contribution in [2.45, 2.75) is 13.5 Å². The lowest BCUT2D eigenvalue weighted by Crippen LogP contribution is -3.08. The molecular weight excluding hydrogens is 242 g/mol. The highest BCUT2D eigenvalue weighted by Gasteiger charge is 2.12. The van der Waals surface area contributed by atoms with Crippen LogP contribution in [0, 0.1) is 6.92 Å². The van der Waals surface area contributed by atoms with Gasteiger partial charge in [0.25, 0.3) is 5.91 Å². The standard InChI is InChI=1S/C14H17N3O2/c1-11-8-13(16-19-11)15-14(18)10-17(2)9-12-6-4-3-5-7-12/h3-8H,9-10H2,1-2H3,(H,15,16,18)/p+1. The first-order chi connectivity index (χ1) is 9.13. The first-order valence-corrected chi connectivity index (χ1v) is 6.22. The van der Waals surface area contributed by atoms with Gasteiger partial charge in [0.15, 0.2) is 12.4 Å². The number of aromatic nitrogens is 1. The maximum Gasteiger partial charge on any atom is 0.280 e. The number of carbonyl (C=O) groups is 1. The fourth-order valence-electron chi connectivity index (χ4n) is 1.89. The minimum Gasteiger partial charge on any atom is -0.360 e. The summed E-state index contributed by atoms with van der Waals surface area (Å²) in [6.45, 7) is 2.99. The Hall–Kier alpha value is -2.14. The van der Waals surface area contributed by atoms with Crippen LogP contribution in [-0.2, 0) is 11.3 Å². The Morgan fingerprint density at radius 2 is 2.11 bits per heavy atom. The fraction of sp³-hybridized carbons (Fsp3) is 0.286. The van der Waals surface area contributed by atoms with E-state index in [1.54, 1.807) is 13.0 Å². The maximum atomic E-state index is 11.8. The van der Waals surface area contributed by atoms with E-state index in [0.717, 1.165) is 11.4 Å². The highest BCUT2D eigenvalue weighted by atomic mass is 16.5. The molecule has 0 aliphatic heterocycles. The number of likely N-dealkylation sites (N-methyl/N-ethyl adjacent to an activating group) is 1. The molecule has 1 aromatic carbocycles. The van der Waals surface area contributed by atoms with E-state index >= 15 is 0 Å². The second-order valence-electron chi connectivity index (χ2n) is 4.67. The summed E-state index contributed by atoms with van der Waals surface area (Å²) in [7, 11) is 1.99. The van der Waals surface area contributed by atoms with Crippen LogP contribution < -0.4 is 10.2 Å². The summed E-state index contributed by atoms with van der Waals surface area (Å²) in [5.41, 5.74) is 1.21. The predicted molar refractivity (Wildman–Crippen MR) is 71.8 cm³/mol. The second-order valence-corrected chi connectivity index (χ2v) is 4.67. The molecule has 1 aromatic heterocycles. The molecule has 0 radical (unpaired) electrons. The van der Waals surface area contributed by atoms with Gasteiger partial charge in [-0.05, 0) is 6.92 Å². The average Bonchev–Trinajstić information content (AvgIpc) is 2.75. The van der Waals surface area contributed by atoms with Crippen LogP contribution in [0.2, 0.25) is 0 Å². The molecule has 0 spiro atoms. The van der Waals surface area contributed by atoms with Gasteiger partial charge < -0.3 is 14.7 Å². The van der Waals surface area contributed by atoms with Gasteiger partial charge in [-0.15, -0.1) is 0 Å². The van der Waals surface area contributed by atoms with Gasteiger partial charge in [0, 0.05) is 11.6 Å². The van der Waals surface area contributed by atoms with E-state index in [2.05, 4.69) is 22.6 Å². The van der Waals surface area contributed by atoms with Crippen molar-refractivity contribution in [1.29, 1.82) is 0 Å². The summed E-state index contributed by atoms with van der Waals surface area (Å²) in [5.74, 6) is 1.08. The number of amides is 1. The topological polar surface area (TPSA) is 59.6 Å². The van der Waals surface area contributed by atoms with Crippen molar-refractivity contribution in [2.24, 2.45) is 0 Å². The smallest absolute Gasteiger partial charge is 0.280 e. The molecule has 0 bridgehead atoms. The van der Waals surface area contributed by atoms with E-state index in [-0.39, 0.29) is 5.91 Å². The van der Waals surface area contributed by atoms with Crippen LogP contribution in [0.1, 0.15) is 11.3 Å². The third-order valence-electron chi connectivity index (χ3n) is 2.71. The highest BCUT2D eigenvalue weighted by Crippen LogP contribution is 2.05. The Bertz CT molecular complexity index is 537. The van der Waals surface area contributed by atoms with Crippen LogP contribution in [0.4, 0.5) is 5.82 Å².